The van der Waals surface area contributed by atoms with Gasteiger partial charge in [0.2, 0.25) is 10.0 Å². The van der Waals surface area contributed by atoms with Gasteiger partial charge in [0.25, 0.3) is 10.1 Å². The van der Waals surface area contributed by atoms with Crippen molar-refractivity contribution in [1.29, 1.82) is 0 Å². The number of benzene rings is 3. The molecule has 0 aliphatic carbocycles. The minimum atomic E-state index is -4.21. The number of aromatic amines is 1. The summed E-state index contributed by atoms with van der Waals surface area (Å²) in [5.41, 5.74) is 3.69. The van der Waals surface area contributed by atoms with E-state index >= 15 is 0 Å². The van der Waals surface area contributed by atoms with Crippen LogP contribution in [0, 0.1) is 13.8 Å². The zero-order chi connectivity index (χ0) is 24.3. The van der Waals surface area contributed by atoms with Gasteiger partial charge in [-0.1, -0.05) is 53.6 Å². The molecule has 3 aromatic carbocycles. The number of hydrogen-bond acceptors (Lipinski definition) is 5. The molecule has 0 saturated carbocycles. The Labute approximate surface area is 200 Å². The van der Waals surface area contributed by atoms with Crippen LogP contribution in [0.5, 0.6) is 0 Å². The summed E-state index contributed by atoms with van der Waals surface area (Å²) in [6.45, 7) is 3.70. The lowest BCUT2D eigenvalue weighted by Gasteiger charge is -2.19. The molecule has 1 atom stereocenters. The first-order chi connectivity index (χ1) is 16.1. The van der Waals surface area contributed by atoms with Crippen molar-refractivity contribution in [3.05, 3.63) is 95.7 Å². The van der Waals surface area contributed by atoms with Gasteiger partial charge in [-0.3, -0.25) is 0 Å². The maximum atomic E-state index is 13.0. The molecule has 0 spiro atoms. The molecular weight excluding hydrogens is 472 g/mol. The van der Waals surface area contributed by atoms with Gasteiger partial charge in [0.05, 0.1) is 9.79 Å². The van der Waals surface area contributed by atoms with E-state index in [4.69, 9.17) is 4.18 Å². The molecule has 2 N–H and O–H groups in total. The number of H-pyrrole nitrogens is 1. The highest BCUT2D eigenvalue weighted by Crippen LogP contribution is 2.22. The van der Waals surface area contributed by atoms with Crippen molar-refractivity contribution >= 4 is 31.0 Å². The van der Waals surface area contributed by atoms with Gasteiger partial charge in [-0.2, -0.15) is 13.1 Å². The normalized spacial score (nSPS) is 13.2. The number of nitrogens with one attached hydrogen (secondary N) is 2. The summed E-state index contributed by atoms with van der Waals surface area (Å²) in [7, 11) is -8.22. The first-order valence-electron chi connectivity index (χ1n) is 10.8. The van der Waals surface area contributed by atoms with E-state index in [0.717, 1.165) is 27.6 Å². The minimum Gasteiger partial charge on any atom is -0.361 e. The van der Waals surface area contributed by atoms with Gasteiger partial charge in [-0.05, 0) is 62.6 Å². The van der Waals surface area contributed by atoms with Gasteiger partial charge in [0.1, 0.15) is 6.23 Å². The molecule has 9 heteroatoms. The molecular formula is C25H26N2O5S2. The van der Waals surface area contributed by atoms with E-state index in [9.17, 15) is 16.8 Å². The molecule has 34 heavy (non-hydrogen) atoms. The summed E-state index contributed by atoms with van der Waals surface area (Å²) in [5, 5.41) is 0.990. The summed E-state index contributed by atoms with van der Waals surface area (Å²) in [6, 6.07) is 20.2. The topological polar surface area (TPSA) is 105 Å². The molecule has 0 radical (unpaired) electrons. The maximum Gasteiger partial charge on any atom is 0.298 e. The fraction of sp³-hybridized carbons (Fsp3) is 0.200. The highest BCUT2D eigenvalue weighted by atomic mass is 32.2. The zero-order valence-electron chi connectivity index (χ0n) is 18.9. The zero-order valence-corrected chi connectivity index (χ0v) is 20.5. The summed E-state index contributed by atoms with van der Waals surface area (Å²) in [4.78, 5) is 3.17. The summed E-state index contributed by atoms with van der Waals surface area (Å²) >= 11 is 0. The van der Waals surface area contributed by atoms with Gasteiger partial charge in [0, 0.05) is 17.1 Å². The Morgan fingerprint density at radius 1 is 0.824 bits per heavy atom. The highest BCUT2D eigenvalue weighted by molar-refractivity contribution is 7.89. The van der Waals surface area contributed by atoms with E-state index in [-0.39, 0.29) is 16.2 Å². The molecule has 178 valence electrons. The maximum absolute atomic E-state index is 13.0. The van der Waals surface area contributed by atoms with Gasteiger partial charge >= 0.3 is 0 Å². The lowest BCUT2D eigenvalue weighted by atomic mass is 10.1. The van der Waals surface area contributed by atoms with Crippen molar-refractivity contribution in [2.24, 2.45) is 0 Å². The van der Waals surface area contributed by atoms with E-state index in [2.05, 4.69) is 9.71 Å². The molecule has 0 aliphatic rings. The number of fused-ring (bicyclic) bond motifs is 1. The standard InChI is InChI=1S/C25H26N2O5S2/c1-18-7-12-21(13-8-18)33(28,29)27-25(32-34(30,31)22-14-9-19(2)10-15-22)16-11-20-17-26-24-6-4-3-5-23(20)24/h3-10,12-15,17,25-27H,11,16H2,1-2H3/t25-/m1/s1. The van der Waals surface area contributed by atoms with E-state index in [0.29, 0.717) is 6.42 Å². The van der Waals surface area contributed by atoms with Crippen LogP contribution < -0.4 is 4.72 Å². The van der Waals surface area contributed by atoms with E-state index in [1.165, 1.54) is 24.3 Å². The van der Waals surface area contributed by atoms with Crippen LogP contribution in [0.15, 0.2) is 88.8 Å². The second kappa shape index (κ2) is 9.71. The molecule has 4 rings (SSSR count). The van der Waals surface area contributed by atoms with Crippen molar-refractivity contribution in [3.63, 3.8) is 0 Å². The molecule has 0 saturated heterocycles. The number of hydrogen-bond donors (Lipinski definition) is 2. The largest absolute Gasteiger partial charge is 0.361 e. The number of aromatic nitrogens is 1. The van der Waals surface area contributed by atoms with Crippen molar-refractivity contribution < 1.29 is 21.0 Å². The van der Waals surface area contributed by atoms with Crippen LogP contribution in [0.4, 0.5) is 0 Å². The smallest absolute Gasteiger partial charge is 0.298 e. The monoisotopic (exact) mass is 498 g/mol. The summed E-state index contributed by atoms with van der Waals surface area (Å²) in [6.07, 6.45) is 1.04. The Morgan fingerprint density at radius 2 is 1.41 bits per heavy atom. The number of rotatable bonds is 9. The highest BCUT2D eigenvalue weighted by Gasteiger charge is 2.27. The van der Waals surface area contributed by atoms with E-state index in [1.807, 2.05) is 44.3 Å². The van der Waals surface area contributed by atoms with Crippen molar-refractivity contribution in [2.45, 2.75) is 42.7 Å². The third-order valence-electron chi connectivity index (χ3n) is 5.52. The van der Waals surface area contributed by atoms with Crippen molar-refractivity contribution in [3.8, 4) is 0 Å². The van der Waals surface area contributed by atoms with Crippen LogP contribution in [-0.2, 0) is 30.7 Å². The van der Waals surface area contributed by atoms with Crippen molar-refractivity contribution in [2.75, 3.05) is 0 Å². The lowest BCUT2D eigenvalue weighted by Crippen LogP contribution is -2.38. The first kappa shape index (κ1) is 24.2. The Morgan fingerprint density at radius 3 is 2.06 bits per heavy atom. The second-order valence-electron chi connectivity index (χ2n) is 8.18. The third kappa shape index (κ3) is 5.56. The van der Waals surface area contributed by atoms with Crippen LogP contribution in [0.3, 0.4) is 0 Å². The number of para-hydroxylation sites is 1. The molecule has 0 unspecified atom stereocenters. The van der Waals surface area contributed by atoms with Crippen LogP contribution in [0.2, 0.25) is 0 Å². The predicted molar refractivity (Wildman–Crippen MR) is 131 cm³/mol. The fourth-order valence-corrected chi connectivity index (χ4v) is 5.86. The molecule has 1 aromatic heterocycles. The second-order valence-corrected chi connectivity index (χ2v) is 11.5. The Hall–Kier alpha value is -2.98. The first-order valence-corrected chi connectivity index (χ1v) is 13.7. The number of sulfonamides is 1. The van der Waals surface area contributed by atoms with Gasteiger partial charge in [-0.25, -0.2) is 12.6 Å². The Balaban J connectivity index is 1.60. The molecule has 1 heterocycles. The van der Waals surface area contributed by atoms with Crippen molar-refractivity contribution in [1.82, 2.24) is 9.71 Å². The Kier molecular flexibility index (Phi) is 6.90. The van der Waals surface area contributed by atoms with E-state index < -0.39 is 26.4 Å². The molecule has 0 bridgehead atoms. The SMILES string of the molecule is Cc1ccc(S(=O)(=O)N[C@@H](CCc2c[nH]c3ccccc23)OS(=O)(=O)c2ccc(C)cc2)cc1. The van der Waals surface area contributed by atoms with Crippen LogP contribution in [0.1, 0.15) is 23.1 Å². The predicted octanol–water partition coefficient (Wildman–Crippen LogP) is 4.43. The quantitative estimate of drug-likeness (QED) is 0.262. The van der Waals surface area contributed by atoms with Crippen LogP contribution in [-0.4, -0.2) is 28.0 Å². The van der Waals surface area contributed by atoms with Gasteiger partial charge in [0.15, 0.2) is 0 Å². The van der Waals surface area contributed by atoms with Gasteiger partial charge < -0.3 is 4.98 Å². The molecule has 0 aliphatic heterocycles. The molecule has 0 amide bonds. The molecule has 7 nitrogen and oxygen atoms in total. The third-order valence-corrected chi connectivity index (χ3v) is 8.32. The minimum absolute atomic E-state index is 0.0338. The average molecular weight is 499 g/mol. The fourth-order valence-electron chi connectivity index (χ4n) is 3.62. The van der Waals surface area contributed by atoms with Crippen LogP contribution >= 0.6 is 0 Å². The number of aryl methyl sites for hydroxylation is 3. The van der Waals surface area contributed by atoms with E-state index in [1.54, 1.807) is 24.3 Å². The Bertz CT molecular complexity index is 1410. The molecule has 0 fully saturated rings. The summed E-state index contributed by atoms with van der Waals surface area (Å²) in [5.74, 6) is 0. The summed E-state index contributed by atoms with van der Waals surface area (Å²) < 4.78 is 59.7. The molecule has 4 aromatic rings. The van der Waals surface area contributed by atoms with Gasteiger partial charge in [-0.15, -0.1) is 0 Å². The lowest BCUT2D eigenvalue weighted by molar-refractivity contribution is 0.188. The van der Waals surface area contributed by atoms with Crippen LogP contribution in [0.25, 0.3) is 10.9 Å². The average Bonchev–Trinajstić information content (AvgIpc) is 3.21.